The predicted octanol–water partition coefficient (Wildman–Crippen LogP) is 1.42. The fraction of sp³-hybridized carbons (Fsp3) is 0.333. The van der Waals surface area contributed by atoms with E-state index in [-0.39, 0.29) is 5.91 Å². The minimum Gasteiger partial charge on any atom is -0.322 e. The molecule has 24 heavy (non-hydrogen) atoms. The molecule has 0 saturated carbocycles. The normalized spacial score (nSPS) is 15.5. The van der Waals surface area contributed by atoms with Crippen LogP contribution in [0.3, 0.4) is 0 Å². The highest BCUT2D eigenvalue weighted by molar-refractivity contribution is 7.94. The van der Waals surface area contributed by atoms with E-state index in [1.807, 2.05) is 6.92 Å². The maximum Gasteiger partial charge on any atom is 0.326 e. The number of rotatable bonds is 2. The molecular formula is C15H19N5O3S. The third kappa shape index (κ3) is 2.23. The first-order valence-electron chi connectivity index (χ1n) is 7.33. The first-order chi connectivity index (χ1) is 11.1. The van der Waals surface area contributed by atoms with Gasteiger partial charge in [-0.3, -0.25) is 18.1 Å². The van der Waals surface area contributed by atoms with Gasteiger partial charge in [-0.15, -0.1) is 0 Å². The van der Waals surface area contributed by atoms with E-state index in [0.29, 0.717) is 28.3 Å². The van der Waals surface area contributed by atoms with Crippen LogP contribution in [-0.4, -0.2) is 38.2 Å². The van der Waals surface area contributed by atoms with Gasteiger partial charge in [0.25, 0.3) is 5.91 Å². The fourth-order valence-electron chi connectivity index (χ4n) is 2.85. The van der Waals surface area contributed by atoms with Crippen LogP contribution in [0, 0.1) is 13.8 Å². The molecule has 2 aromatic rings. The molecule has 1 amide bonds. The van der Waals surface area contributed by atoms with Crippen LogP contribution in [0.1, 0.15) is 21.7 Å². The lowest BCUT2D eigenvalue weighted by Crippen LogP contribution is -2.32. The van der Waals surface area contributed by atoms with Crippen molar-refractivity contribution in [3.05, 3.63) is 35.2 Å². The Labute approximate surface area is 140 Å². The molecule has 0 radical (unpaired) electrons. The molecule has 1 aliphatic heterocycles. The summed E-state index contributed by atoms with van der Waals surface area (Å²) in [5.74, 6) is -0.269. The van der Waals surface area contributed by atoms with Crippen LogP contribution in [0.25, 0.3) is 0 Å². The van der Waals surface area contributed by atoms with E-state index in [9.17, 15) is 13.2 Å². The smallest absolute Gasteiger partial charge is 0.322 e. The molecule has 0 spiro atoms. The van der Waals surface area contributed by atoms with E-state index < -0.39 is 10.2 Å². The molecule has 3 rings (SSSR count). The Morgan fingerprint density at radius 2 is 1.71 bits per heavy atom. The number of nitrogens with zero attached hydrogens (tertiary/aromatic N) is 4. The molecule has 9 heteroatoms. The summed E-state index contributed by atoms with van der Waals surface area (Å²) in [6.45, 7) is 3.60. The highest BCUT2D eigenvalue weighted by Crippen LogP contribution is 2.40. The Bertz CT molecular complexity index is 948. The largest absolute Gasteiger partial charge is 0.326 e. The van der Waals surface area contributed by atoms with Crippen molar-refractivity contribution in [2.75, 3.05) is 28.0 Å². The van der Waals surface area contributed by atoms with Crippen LogP contribution in [0.2, 0.25) is 0 Å². The number of carbonyl (C=O) groups is 1. The number of fused-ring (bicyclic) bond motifs is 1. The van der Waals surface area contributed by atoms with Gasteiger partial charge in [-0.1, -0.05) is 0 Å². The molecule has 0 saturated heterocycles. The summed E-state index contributed by atoms with van der Waals surface area (Å²) in [6, 6.07) is 5.01. The lowest BCUT2D eigenvalue weighted by Gasteiger charge is -2.13. The molecule has 8 nitrogen and oxygen atoms in total. The van der Waals surface area contributed by atoms with Crippen molar-refractivity contribution in [1.82, 2.24) is 9.78 Å². The summed E-state index contributed by atoms with van der Waals surface area (Å²) in [7, 11) is 1.24. The van der Waals surface area contributed by atoms with E-state index in [2.05, 4.69) is 10.4 Å². The first-order valence-corrected chi connectivity index (χ1v) is 8.72. The van der Waals surface area contributed by atoms with Crippen LogP contribution < -0.4 is 13.9 Å². The number of hydrogen-bond acceptors (Lipinski definition) is 4. The Balaban J connectivity index is 1.94. The van der Waals surface area contributed by atoms with Crippen molar-refractivity contribution in [3.63, 3.8) is 0 Å². The van der Waals surface area contributed by atoms with Gasteiger partial charge in [-0.05, 0) is 32.0 Å². The molecule has 0 bridgehead atoms. The number of anilines is 3. The summed E-state index contributed by atoms with van der Waals surface area (Å²) in [5.41, 5.74) is 3.56. The van der Waals surface area contributed by atoms with E-state index in [4.69, 9.17) is 0 Å². The van der Waals surface area contributed by atoms with Crippen LogP contribution in [-0.2, 0) is 17.3 Å². The lowest BCUT2D eigenvalue weighted by atomic mass is 10.1. The summed E-state index contributed by atoms with van der Waals surface area (Å²) in [5, 5.41) is 7.05. The van der Waals surface area contributed by atoms with Crippen molar-refractivity contribution in [2.45, 2.75) is 13.8 Å². The van der Waals surface area contributed by atoms with Gasteiger partial charge >= 0.3 is 10.2 Å². The number of carbonyl (C=O) groups excluding carboxylic acids is 1. The zero-order valence-corrected chi connectivity index (χ0v) is 15.0. The van der Waals surface area contributed by atoms with E-state index >= 15 is 0 Å². The SMILES string of the molecule is Cc1nn(C)c(C)c1C(=O)Nc1ccc2c(c1)N(C)S(=O)(=O)N2C. The zero-order chi connectivity index (χ0) is 17.8. The molecular weight excluding hydrogens is 330 g/mol. The fourth-order valence-corrected chi connectivity index (χ4v) is 4.01. The van der Waals surface area contributed by atoms with Gasteiger partial charge in [-0.2, -0.15) is 13.5 Å². The predicted molar refractivity (Wildman–Crippen MR) is 92.8 cm³/mol. The van der Waals surface area contributed by atoms with Crippen LogP contribution in [0.5, 0.6) is 0 Å². The first kappa shape index (κ1) is 16.3. The highest BCUT2D eigenvalue weighted by atomic mass is 32.2. The van der Waals surface area contributed by atoms with Gasteiger partial charge in [0.2, 0.25) is 0 Å². The van der Waals surface area contributed by atoms with Gasteiger partial charge in [-0.25, -0.2) is 0 Å². The zero-order valence-electron chi connectivity index (χ0n) is 14.2. The Hall–Kier alpha value is -2.55. The van der Waals surface area contributed by atoms with Gasteiger partial charge in [0, 0.05) is 32.5 Å². The second-order valence-electron chi connectivity index (χ2n) is 5.77. The minimum atomic E-state index is -3.53. The van der Waals surface area contributed by atoms with Crippen molar-refractivity contribution in [3.8, 4) is 0 Å². The monoisotopic (exact) mass is 349 g/mol. The molecule has 1 aromatic carbocycles. The Morgan fingerprint density at radius 1 is 1.08 bits per heavy atom. The molecule has 0 fully saturated rings. The maximum atomic E-state index is 12.5. The summed E-state index contributed by atoms with van der Waals surface area (Å²) < 4.78 is 28.4. The highest BCUT2D eigenvalue weighted by Gasteiger charge is 2.35. The third-order valence-corrected chi connectivity index (χ3v) is 6.12. The second kappa shape index (κ2) is 5.23. The molecule has 1 aliphatic rings. The van der Waals surface area contributed by atoms with Gasteiger partial charge in [0.1, 0.15) is 0 Å². The average molecular weight is 349 g/mol. The number of nitrogens with one attached hydrogen (secondary N) is 1. The Morgan fingerprint density at radius 3 is 2.29 bits per heavy atom. The van der Waals surface area contributed by atoms with Crippen molar-refractivity contribution in [2.24, 2.45) is 7.05 Å². The topological polar surface area (TPSA) is 87.5 Å². The number of aryl methyl sites for hydroxylation is 2. The average Bonchev–Trinajstić information content (AvgIpc) is 2.86. The van der Waals surface area contributed by atoms with Gasteiger partial charge in [0.05, 0.1) is 22.6 Å². The van der Waals surface area contributed by atoms with Crippen LogP contribution in [0.4, 0.5) is 17.1 Å². The number of hydrogen-bond donors (Lipinski definition) is 1. The minimum absolute atomic E-state index is 0.269. The molecule has 0 atom stereocenters. The molecule has 1 aromatic heterocycles. The maximum absolute atomic E-state index is 12.5. The Kier molecular flexibility index (Phi) is 3.56. The van der Waals surface area contributed by atoms with Crippen molar-refractivity contribution in [1.29, 1.82) is 0 Å². The quantitative estimate of drug-likeness (QED) is 0.888. The van der Waals surface area contributed by atoms with Crippen LogP contribution >= 0.6 is 0 Å². The summed E-state index contributed by atoms with van der Waals surface area (Å²) in [6.07, 6.45) is 0. The summed E-state index contributed by atoms with van der Waals surface area (Å²) in [4.78, 5) is 12.5. The van der Waals surface area contributed by atoms with E-state index in [1.165, 1.54) is 22.7 Å². The summed E-state index contributed by atoms with van der Waals surface area (Å²) >= 11 is 0. The van der Waals surface area contributed by atoms with E-state index in [1.54, 1.807) is 36.9 Å². The van der Waals surface area contributed by atoms with Crippen molar-refractivity contribution >= 4 is 33.2 Å². The third-order valence-electron chi connectivity index (χ3n) is 4.34. The molecule has 2 heterocycles. The number of amides is 1. The molecule has 0 unspecified atom stereocenters. The molecule has 0 aliphatic carbocycles. The molecule has 128 valence electrons. The van der Waals surface area contributed by atoms with Gasteiger partial charge < -0.3 is 5.32 Å². The van der Waals surface area contributed by atoms with Gasteiger partial charge in [0.15, 0.2) is 0 Å². The van der Waals surface area contributed by atoms with E-state index in [0.717, 1.165) is 5.69 Å². The lowest BCUT2D eigenvalue weighted by molar-refractivity contribution is 0.102. The van der Waals surface area contributed by atoms with Crippen LogP contribution in [0.15, 0.2) is 18.2 Å². The van der Waals surface area contributed by atoms with Crippen molar-refractivity contribution < 1.29 is 13.2 Å². The standard InChI is InChI=1S/C15H19N5O3S/c1-9-14(10(2)18(3)17-9)15(21)16-11-6-7-12-13(8-11)20(5)24(22,23)19(12)4/h6-8H,1-5H3,(H,16,21). The second-order valence-corrected chi connectivity index (χ2v) is 7.76. The molecule has 1 N–H and O–H groups in total. The number of benzene rings is 1. The number of aromatic nitrogens is 2.